The van der Waals surface area contributed by atoms with Gasteiger partial charge in [0, 0.05) is 39.6 Å². The lowest BCUT2D eigenvalue weighted by molar-refractivity contribution is -0.108. The molecule has 0 aromatic rings. The molecule has 0 fully saturated rings. The van der Waals surface area contributed by atoms with Crippen molar-refractivity contribution >= 4 is 0 Å². The van der Waals surface area contributed by atoms with Gasteiger partial charge in [-0.3, -0.25) is 0 Å². The highest BCUT2D eigenvalue weighted by molar-refractivity contribution is 4.64. The molecule has 6 atom stereocenters. The first-order chi connectivity index (χ1) is 30.3. The number of hydrogen-bond donors (Lipinski definition) is 4. The second-order valence-corrected chi connectivity index (χ2v) is 16.1. The molecule has 0 aromatic carbocycles. The second-order valence-electron chi connectivity index (χ2n) is 16.1. The molecule has 0 aliphatic heterocycles. The molecule has 0 aliphatic carbocycles. The van der Waals surface area contributed by atoms with E-state index in [1.165, 1.54) is 64.2 Å². The summed E-state index contributed by atoms with van der Waals surface area (Å²) in [5, 5.41) is 37.2. The average molecular weight is 919 g/mol. The van der Waals surface area contributed by atoms with Crippen LogP contribution in [0, 0.1) is 0 Å². The minimum absolute atomic E-state index is 0. The Morgan fingerprint density at radius 3 is 0.905 bits per heavy atom. The molecule has 0 bridgehead atoms. The molecule has 0 rings (SSSR count). The van der Waals surface area contributed by atoms with Crippen molar-refractivity contribution in [3.05, 3.63) is 0 Å². The molecule has 0 amide bonds. The number of ether oxygens (including phenoxy) is 10. The summed E-state index contributed by atoms with van der Waals surface area (Å²) in [6.07, 6.45) is 18.7. The van der Waals surface area contributed by atoms with Gasteiger partial charge in [0.15, 0.2) is 0 Å². The van der Waals surface area contributed by atoms with Crippen molar-refractivity contribution in [1.82, 2.24) is 0 Å². The van der Waals surface area contributed by atoms with Crippen molar-refractivity contribution in [3.8, 4) is 0 Å². The number of rotatable bonds is 50. The largest absolute Gasteiger partial charge is 0.412 e. The van der Waals surface area contributed by atoms with E-state index in [0.717, 1.165) is 51.4 Å². The van der Waals surface area contributed by atoms with Gasteiger partial charge in [0.2, 0.25) is 0 Å². The maximum Gasteiger partial charge on any atom is 0.104 e. The van der Waals surface area contributed by atoms with Gasteiger partial charge in [-0.2, -0.15) is 0 Å². The van der Waals surface area contributed by atoms with E-state index < -0.39 is 12.2 Å². The van der Waals surface area contributed by atoms with Crippen molar-refractivity contribution in [2.24, 2.45) is 0 Å². The summed E-state index contributed by atoms with van der Waals surface area (Å²) >= 11 is 0. The molecule has 63 heavy (non-hydrogen) atoms. The fourth-order valence-electron chi connectivity index (χ4n) is 5.94. The molecule has 0 aromatic heterocycles. The lowest BCUT2D eigenvalue weighted by atomic mass is 10.1. The second kappa shape index (κ2) is 55.7. The van der Waals surface area contributed by atoms with Crippen LogP contribution < -0.4 is 0 Å². The van der Waals surface area contributed by atoms with E-state index in [9.17, 15) is 10.2 Å². The van der Waals surface area contributed by atoms with Crippen molar-refractivity contribution in [2.75, 3.05) is 119 Å². The highest BCUT2D eigenvalue weighted by Gasteiger charge is 2.17. The third kappa shape index (κ3) is 50.7. The molecule has 0 spiro atoms. The van der Waals surface area contributed by atoms with Crippen molar-refractivity contribution in [3.63, 3.8) is 0 Å². The Hall–Kier alpha value is -0.600. The summed E-state index contributed by atoms with van der Waals surface area (Å²) in [5.74, 6) is 0. The molecule has 384 valence electrons. The smallest absolute Gasteiger partial charge is 0.104 e. The first kappa shape index (κ1) is 66.7. The summed E-state index contributed by atoms with van der Waals surface area (Å²) in [6.45, 7) is 19.6. The minimum atomic E-state index is -0.895. The lowest BCUT2D eigenvalue weighted by Gasteiger charge is -2.22. The van der Waals surface area contributed by atoms with Gasteiger partial charge in [0.1, 0.15) is 36.6 Å². The van der Waals surface area contributed by atoms with Crippen LogP contribution in [0.2, 0.25) is 0 Å². The van der Waals surface area contributed by atoms with Crippen molar-refractivity contribution in [2.45, 2.75) is 194 Å². The maximum atomic E-state index is 9.58. The van der Waals surface area contributed by atoms with Gasteiger partial charge in [-0.05, 0) is 39.5 Å². The zero-order valence-corrected chi connectivity index (χ0v) is 41.3. The fourth-order valence-corrected chi connectivity index (χ4v) is 5.94. The molecular formula is C48H102O15. The van der Waals surface area contributed by atoms with Crippen LogP contribution in [0.4, 0.5) is 0 Å². The van der Waals surface area contributed by atoms with Gasteiger partial charge in [-0.15, -0.1) is 0 Å². The molecule has 0 saturated heterocycles. The molecule has 15 nitrogen and oxygen atoms in total. The molecule has 0 heterocycles. The fraction of sp³-hybridized carbons (Fsp3) is 1.00. The topological polar surface area (TPSA) is 205 Å². The van der Waals surface area contributed by atoms with Crippen LogP contribution >= 0.6 is 0 Å². The zero-order chi connectivity index (χ0) is 46.0. The monoisotopic (exact) mass is 919 g/mol. The van der Waals surface area contributed by atoms with Crippen LogP contribution in [-0.4, -0.2) is 181 Å². The van der Waals surface area contributed by atoms with E-state index in [1.54, 1.807) is 0 Å². The Kier molecular flexibility index (Phi) is 59.0. The van der Waals surface area contributed by atoms with Crippen molar-refractivity contribution in [1.29, 1.82) is 0 Å². The lowest BCUT2D eigenvalue weighted by Crippen LogP contribution is -2.33. The van der Waals surface area contributed by atoms with E-state index in [0.29, 0.717) is 92.5 Å². The molecule has 6 unspecified atom stereocenters. The van der Waals surface area contributed by atoms with E-state index in [4.69, 9.17) is 57.6 Å². The van der Waals surface area contributed by atoms with E-state index in [2.05, 4.69) is 27.7 Å². The van der Waals surface area contributed by atoms with Crippen LogP contribution in [0.3, 0.4) is 0 Å². The summed E-state index contributed by atoms with van der Waals surface area (Å²) in [4.78, 5) is 0. The van der Waals surface area contributed by atoms with Crippen LogP contribution in [0.15, 0.2) is 0 Å². The predicted molar refractivity (Wildman–Crippen MR) is 251 cm³/mol. The molecular weight excluding hydrogens is 817 g/mol. The predicted octanol–water partition coefficient (Wildman–Crippen LogP) is 6.64. The average Bonchev–Trinajstić information content (AvgIpc) is 3.29. The standard InChI is InChI=1S/2C24H50O7.H2O/c2*1-4-7-9-10-11-13-14-28-19-24(31-17-22(26)16-25)21-29-20-23(18-27-6-3)30-15-12-8-5-2;/h2*22-26H,4-21H2,1-3H3;1H2. The first-order valence-electron chi connectivity index (χ1n) is 24.9. The van der Waals surface area contributed by atoms with Crippen LogP contribution in [0.5, 0.6) is 0 Å². The molecule has 0 saturated carbocycles. The minimum Gasteiger partial charge on any atom is -0.412 e. The SMILES string of the molecule is CCCCCCCCOCC(COCC(COCC)OCCCCC)OCC(O)CO.CCCCCCCCOCC(COCC(COCC)OCCCCC)OCC(O)CO.O. The Morgan fingerprint density at radius 1 is 0.302 bits per heavy atom. The Bertz CT molecular complexity index is 754. The number of aliphatic hydroxyl groups is 4. The number of aliphatic hydroxyl groups excluding tert-OH is 4. The Morgan fingerprint density at radius 2 is 0.571 bits per heavy atom. The molecule has 0 radical (unpaired) electrons. The van der Waals surface area contributed by atoms with Gasteiger partial charge in [-0.25, -0.2) is 0 Å². The van der Waals surface area contributed by atoms with Gasteiger partial charge in [0.05, 0.1) is 79.3 Å². The summed E-state index contributed by atoms with van der Waals surface area (Å²) < 4.78 is 57.5. The zero-order valence-electron chi connectivity index (χ0n) is 41.3. The van der Waals surface area contributed by atoms with E-state index in [-0.39, 0.29) is 56.3 Å². The third-order valence-electron chi connectivity index (χ3n) is 9.80. The Labute approximate surface area is 385 Å². The van der Waals surface area contributed by atoms with E-state index >= 15 is 0 Å². The summed E-state index contributed by atoms with van der Waals surface area (Å²) in [6, 6.07) is 0. The number of unbranched alkanes of at least 4 members (excludes halogenated alkanes) is 14. The van der Waals surface area contributed by atoms with Crippen LogP contribution in [0.25, 0.3) is 0 Å². The quantitative estimate of drug-likeness (QED) is 0.0473. The van der Waals surface area contributed by atoms with Crippen molar-refractivity contribution < 1.29 is 73.3 Å². The summed E-state index contributed by atoms with van der Waals surface area (Å²) in [5.41, 5.74) is 0. The van der Waals surface area contributed by atoms with Crippen LogP contribution in [-0.2, 0) is 47.4 Å². The van der Waals surface area contributed by atoms with Gasteiger partial charge in [-0.1, -0.05) is 118 Å². The normalized spacial score (nSPS) is 14.4. The highest BCUT2D eigenvalue weighted by Crippen LogP contribution is 2.09. The maximum absolute atomic E-state index is 9.58. The third-order valence-corrected chi connectivity index (χ3v) is 9.80. The van der Waals surface area contributed by atoms with Gasteiger partial charge in [0.25, 0.3) is 0 Å². The summed E-state index contributed by atoms with van der Waals surface area (Å²) in [7, 11) is 0. The van der Waals surface area contributed by atoms with E-state index in [1.807, 2.05) is 13.8 Å². The molecule has 15 heteroatoms. The van der Waals surface area contributed by atoms with Crippen LogP contribution in [0.1, 0.15) is 157 Å². The first-order valence-corrected chi connectivity index (χ1v) is 24.9. The van der Waals surface area contributed by atoms with Gasteiger partial charge < -0.3 is 73.3 Å². The van der Waals surface area contributed by atoms with Gasteiger partial charge >= 0.3 is 0 Å². The molecule has 6 N–H and O–H groups in total. The Balaban J connectivity index is -0.00000112. The highest BCUT2D eigenvalue weighted by atomic mass is 16.6. The number of hydrogen-bond acceptors (Lipinski definition) is 14. The molecule has 0 aliphatic rings.